The van der Waals surface area contributed by atoms with Crippen LogP contribution in [0.5, 0.6) is 0 Å². The molecule has 0 atom stereocenters. The average Bonchev–Trinajstić information content (AvgIpc) is 2.28. The Balaban J connectivity index is 2.35. The fourth-order valence-corrected chi connectivity index (χ4v) is 1.79. The molecule has 2 aromatic rings. The number of aryl methyl sites for hydroxylation is 1. The first-order valence-corrected chi connectivity index (χ1v) is 5.84. The predicted molar refractivity (Wildman–Crippen MR) is 69.2 cm³/mol. The standard InChI is InChI=1S/C11H9BrClN3/c1-7-3-2-4-8(9(7)12)16-11-10(13)14-5-6-15-11/h2-6H,1H3,(H,15,16). The molecule has 0 fully saturated rings. The van der Waals surface area contributed by atoms with Crippen molar-refractivity contribution >= 4 is 39.0 Å². The maximum atomic E-state index is 5.91. The summed E-state index contributed by atoms with van der Waals surface area (Å²) in [5.41, 5.74) is 2.06. The van der Waals surface area contributed by atoms with Crippen LogP contribution < -0.4 is 5.32 Å². The Morgan fingerprint density at radius 3 is 2.75 bits per heavy atom. The van der Waals surface area contributed by atoms with Crippen LogP contribution in [0.4, 0.5) is 11.5 Å². The molecule has 0 aliphatic heterocycles. The van der Waals surface area contributed by atoms with E-state index in [0.29, 0.717) is 11.0 Å². The van der Waals surface area contributed by atoms with Gasteiger partial charge in [0.05, 0.1) is 5.69 Å². The number of benzene rings is 1. The van der Waals surface area contributed by atoms with Crippen molar-refractivity contribution in [3.8, 4) is 0 Å². The first-order chi connectivity index (χ1) is 7.68. The second kappa shape index (κ2) is 4.80. The Kier molecular flexibility index (Phi) is 3.41. The van der Waals surface area contributed by atoms with Gasteiger partial charge in [0.1, 0.15) is 0 Å². The lowest BCUT2D eigenvalue weighted by molar-refractivity contribution is 1.20. The maximum Gasteiger partial charge on any atom is 0.171 e. The summed E-state index contributed by atoms with van der Waals surface area (Å²) in [6.07, 6.45) is 3.15. The zero-order valence-corrected chi connectivity index (χ0v) is 10.9. The summed E-state index contributed by atoms with van der Waals surface area (Å²) in [7, 11) is 0. The SMILES string of the molecule is Cc1cccc(Nc2nccnc2Cl)c1Br. The topological polar surface area (TPSA) is 37.8 Å². The highest BCUT2D eigenvalue weighted by Gasteiger charge is 2.06. The largest absolute Gasteiger partial charge is 0.337 e. The quantitative estimate of drug-likeness (QED) is 0.912. The van der Waals surface area contributed by atoms with Gasteiger partial charge in [-0.3, -0.25) is 0 Å². The molecule has 1 aromatic heterocycles. The van der Waals surface area contributed by atoms with Gasteiger partial charge in [-0.2, -0.15) is 0 Å². The number of nitrogens with zero attached hydrogens (tertiary/aromatic N) is 2. The van der Waals surface area contributed by atoms with Crippen LogP contribution in [0.15, 0.2) is 35.1 Å². The van der Waals surface area contributed by atoms with Crippen molar-refractivity contribution in [3.63, 3.8) is 0 Å². The number of nitrogens with one attached hydrogen (secondary N) is 1. The van der Waals surface area contributed by atoms with E-state index in [4.69, 9.17) is 11.6 Å². The van der Waals surface area contributed by atoms with Crippen molar-refractivity contribution in [2.75, 3.05) is 5.32 Å². The van der Waals surface area contributed by atoms with Gasteiger partial charge < -0.3 is 5.32 Å². The zero-order valence-electron chi connectivity index (χ0n) is 8.54. The molecule has 3 nitrogen and oxygen atoms in total. The van der Waals surface area contributed by atoms with E-state index >= 15 is 0 Å². The lowest BCUT2D eigenvalue weighted by Crippen LogP contribution is -1.96. The molecule has 0 saturated heterocycles. The van der Waals surface area contributed by atoms with Crippen molar-refractivity contribution in [1.82, 2.24) is 9.97 Å². The van der Waals surface area contributed by atoms with Gasteiger partial charge in [0, 0.05) is 16.9 Å². The summed E-state index contributed by atoms with van der Waals surface area (Å²) in [6.45, 7) is 2.02. The Labute approximate surface area is 107 Å². The van der Waals surface area contributed by atoms with Gasteiger partial charge in [-0.15, -0.1) is 0 Å². The van der Waals surface area contributed by atoms with Crippen molar-refractivity contribution in [1.29, 1.82) is 0 Å². The summed E-state index contributed by atoms with van der Waals surface area (Å²) in [5, 5.41) is 3.49. The number of hydrogen-bond donors (Lipinski definition) is 1. The second-order valence-electron chi connectivity index (χ2n) is 3.26. The molecule has 1 N–H and O–H groups in total. The van der Waals surface area contributed by atoms with Crippen LogP contribution in [0.1, 0.15) is 5.56 Å². The highest BCUT2D eigenvalue weighted by Crippen LogP contribution is 2.29. The van der Waals surface area contributed by atoms with Gasteiger partial charge in [-0.25, -0.2) is 9.97 Å². The van der Waals surface area contributed by atoms with E-state index in [0.717, 1.165) is 15.7 Å². The molecule has 0 aliphatic rings. The summed E-state index contributed by atoms with van der Waals surface area (Å²) >= 11 is 9.42. The van der Waals surface area contributed by atoms with E-state index < -0.39 is 0 Å². The van der Waals surface area contributed by atoms with E-state index in [9.17, 15) is 0 Å². The van der Waals surface area contributed by atoms with Crippen LogP contribution in [0.2, 0.25) is 5.15 Å². The second-order valence-corrected chi connectivity index (χ2v) is 4.41. The fraction of sp³-hybridized carbons (Fsp3) is 0.0909. The zero-order chi connectivity index (χ0) is 11.5. The molecule has 0 spiro atoms. The van der Waals surface area contributed by atoms with E-state index in [1.165, 1.54) is 0 Å². The lowest BCUT2D eigenvalue weighted by Gasteiger charge is -2.09. The number of rotatable bonds is 2. The van der Waals surface area contributed by atoms with E-state index in [-0.39, 0.29) is 0 Å². The van der Waals surface area contributed by atoms with Gasteiger partial charge in [0.2, 0.25) is 0 Å². The molecule has 1 aromatic carbocycles. The third-order valence-corrected chi connectivity index (χ3v) is 3.43. The first-order valence-electron chi connectivity index (χ1n) is 4.67. The summed E-state index contributed by atoms with van der Waals surface area (Å²) < 4.78 is 0.997. The first kappa shape index (κ1) is 11.4. The molecule has 16 heavy (non-hydrogen) atoms. The molecule has 0 aliphatic carbocycles. The number of halogens is 2. The summed E-state index contributed by atoms with van der Waals surface area (Å²) in [4.78, 5) is 8.07. The molecule has 0 unspecified atom stereocenters. The van der Waals surface area contributed by atoms with Crippen molar-refractivity contribution in [2.45, 2.75) is 6.92 Å². The third kappa shape index (κ3) is 2.33. The van der Waals surface area contributed by atoms with Crippen LogP contribution in [0.3, 0.4) is 0 Å². The molecule has 0 bridgehead atoms. The summed E-state index contributed by atoms with van der Waals surface area (Å²) in [5.74, 6) is 0.551. The average molecular weight is 299 g/mol. The van der Waals surface area contributed by atoms with Crippen molar-refractivity contribution in [3.05, 3.63) is 45.8 Å². The Bertz CT molecular complexity index is 516. The van der Waals surface area contributed by atoms with Crippen molar-refractivity contribution < 1.29 is 0 Å². The minimum Gasteiger partial charge on any atom is -0.337 e. The van der Waals surface area contributed by atoms with Gasteiger partial charge in [0.15, 0.2) is 11.0 Å². The van der Waals surface area contributed by atoms with Crippen LogP contribution in [-0.4, -0.2) is 9.97 Å². The van der Waals surface area contributed by atoms with Gasteiger partial charge in [0.25, 0.3) is 0 Å². The number of anilines is 2. The van der Waals surface area contributed by atoms with Crippen LogP contribution >= 0.6 is 27.5 Å². The van der Waals surface area contributed by atoms with Gasteiger partial charge >= 0.3 is 0 Å². The molecule has 1 heterocycles. The minimum absolute atomic E-state index is 0.357. The number of hydrogen-bond acceptors (Lipinski definition) is 3. The van der Waals surface area contributed by atoms with Gasteiger partial charge in [-0.1, -0.05) is 23.7 Å². The maximum absolute atomic E-state index is 5.91. The summed E-state index contributed by atoms with van der Waals surface area (Å²) in [6, 6.07) is 5.93. The molecule has 0 radical (unpaired) electrons. The van der Waals surface area contributed by atoms with Crippen LogP contribution in [0, 0.1) is 6.92 Å². The molecule has 5 heteroatoms. The van der Waals surface area contributed by atoms with Crippen LogP contribution in [0.25, 0.3) is 0 Å². The number of aromatic nitrogens is 2. The van der Waals surface area contributed by atoms with E-state index in [1.807, 2.05) is 25.1 Å². The highest BCUT2D eigenvalue weighted by atomic mass is 79.9. The Morgan fingerprint density at radius 1 is 1.25 bits per heavy atom. The molecule has 82 valence electrons. The fourth-order valence-electron chi connectivity index (χ4n) is 1.28. The van der Waals surface area contributed by atoms with E-state index in [2.05, 4.69) is 31.2 Å². The third-order valence-electron chi connectivity index (χ3n) is 2.10. The molecule has 0 saturated carbocycles. The molecular formula is C11H9BrClN3. The lowest BCUT2D eigenvalue weighted by atomic mass is 10.2. The van der Waals surface area contributed by atoms with Gasteiger partial charge in [-0.05, 0) is 34.5 Å². The molecule has 2 rings (SSSR count). The van der Waals surface area contributed by atoms with E-state index in [1.54, 1.807) is 12.4 Å². The normalized spacial score (nSPS) is 10.2. The monoisotopic (exact) mass is 297 g/mol. The minimum atomic E-state index is 0.357. The predicted octanol–water partition coefficient (Wildman–Crippen LogP) is 3.94. The highest BCUT2D eigenvalue weighted by molar-refractivity contribution is 9.10. The van der Waals surface area contributed by atoms with Crippen LogP contribution in [-0.2, 0) is 0 Å². The Morgan fingerprint density at radius 2 is 2.00 bits per heavy atom. The van der Waals surface area contributed by atoms with Crippen molar-refractivity contribution in [2.24, 2.45) is 0 Å². The molecular weight excluding hydrogens is 289 g/mol. The molecule has 0 amide bonds. The smallest absolute Gasteiger partial charge is 0.171 e. The Hall–Kier alpha value is -1.13.